The predicted molar refractivity (Wildman–Crippen MR) is 91.9 cm³/mol. The molecule has 1 aliphatic heterocycles. The highest BCUT2D eigenvalue weighted by Crippen LogP contribution is 2.19. The molecule has 0 amide bonds. The Labute approximate surface area is 137 Å². The minimum atomic E-state index is 0.664. The van der Waals surface area contributed by atoms with E-state index in [2.05, 4.69) is 34.9 Å². The van der Waals surface area contributed by atoms with E-state index < -0.39 is 0 Å². The van der Waals surface area contributed by atoms with E-state index >= 15 is 0 Å². The fourth-order valence-electron chi connectivity index (χ4n) is 2.63. The van der Waals surface area contributed by atoms with Gasteiger partial charge < -0.3 is 20.1 Å². The number of hydrogen-bond acceptors (Lipinski definition) is 4. The Hall–Kier alpha value is -2.04. The summed E-state index contributed by atoms with van der Waals surface area (Å²) in [6, 6.07) is 16.4. The highest BCUT2D eigenvalue weighted by Gasteiger charge is 2.05. The lowest BCUT2D eigenvalue weighted by molar-refractivity contribution is 0.244. The molecule has 2 N–H and O–H groups in total. The average Bonchev–Trinajstić information content (AvgIpc) is 2.60. The van der Waals surface area contributed by atoms with Gasteiger partial charge in [0.15, 0.2) is 0 Å². The van der Waals surface area contributed by atoms with E-state index in [1.54, 1.807) is 0 Å². The van der Waals surface area contributed by atoms with Crippen molar-refractivity contribution < 1.29 is 9.47 Å². The minimum absolute atomic E-state index is 0.664. The molecule has 0 saturated heterocycles. The van der Waals surface area contributed by atoms with Crippen LogP contribution in [-0.4, -0.2) is 26.3 Å². The normalized spacial score (nSPS) is 16.7. The zero-order chi connectivity index (χ0) is 15.7. The molecule has 0 aromatic heterocycles. The molecule has 0 saturated carbocycles. The fraction of sp³-hybridized carbons (Fsp3) is 0.368. The molecule has 0 aliphatic carbocycles. The molecular weight excluding hydrogens is 288 g/mol. The summed E-state index contributed by atoms with van der Waals surface area (Å²) in [5, 5.41) is 6.92. The van der Waals surface area contributed by atoms with Gasteiger partial charge in [0.2, 0.25) is 0 Å². The van der Waals surface area contributed by atoms with E-state index in [1.165, 1.54) is 11.1 Å². The first-order chi connectivity index (χ1) is 11.4. The maximum Gasteiger partial charge on any atom is 0.123 e. The summed E-state index contributed by atoms with van der Waals surface area (Å²) in [7, 11) is 0. The largest absolute Gasteiger partial charge is 0.493 e. The number of rotatable bonds is 0. The molecule has 4 heteroatoms. The van der Waals surface area contributed by atoms with E-state index in [0.717, 1.165) is 44.1 Å². The molecule has 3 rings (SSSR count). The van der Waals surface area contributed by atoms with Crippen LogP contribution in [0.4, 0.5) is 0 Å². The summed E-state index contributed by atoms with van der Waals surface area (Å²) >= 11 is 0. The Bertz CT molecular complexity index is 562. The van der Waals surface area contributed by atoms with Crippen molar-refractivity contribution in [3.63, 3.8) is 0 Å². The Balaban J connectivity index is 1.65. The fourth-order valence-corrected chi connectivity index (χ4v) is 2.63. The monoisotopic (exact) mass is 312 g/mol. The molecule has 4 nitrogen and oxygen atoms in total. The average molecular weight is 312 g/mol. The molecular formula is C19H24N2O2. The van der Waals surface area contributed by atoms with Gasteiger partial charge in [-0.3, -0.25) is 0 Å². The number of para-hydroxylation sites is 2. The van der Waals surface area contributed by atoms with Crippen molar-refractivity contribution in [2.45, 2.75) is 19.5 Å². The topological polar surface area (TPSA) is 42.5 Å². The van der Waals surface area contributed by atoms with Gasteiger partial charge >= 0.3 is 0 Å². The SMILES string of the molecule is c1ccc2c(c1)CNCCNCc1ccccc1OCCCO2. The third-order valence-corrected chi connectivity index (χ3v) is 3.86. The molecule has 2 aromatic carbocycles. The maximum absolute atomic E-state index is 5.92. The lowest BCUT2D eigenvalue weighted by Crippen LogP contribution is -2.27. The van der Waals surface area contributed by atoms with Crippen LogP contribution in [0, 0.1) is 0 Å². The van der Waals surface area contributed by atoms with Gasteiger partial charge in [0.05, 0.1) is 13.2 Å². The van der Waals surface area contributed by atoms with Crippen LogP contribution < -0.4 is 20.1 Å². The molecule has 23 heavy (non-hydrogen) atoms. The minimum Gasteiger partial charge on any atom is -0.493 e. The summed E-state index contributed by atoms with van der Waals surface area (Å²) in [4.78, 5) is 0. The molecule has 0 unspecified atom stereocenters. The second-order valence-electron chi connectivity index (χ2n) is 5.62. The van der Waals surface area contributed by atoms with Gasteiger partial charge in [-0.2, -0.15) is 0 Å². The number of ether oxygens (including phenoxy) is 2. The molecule has 1 aliphatic rings. The lowest BCUT2D eigenvalue weighted by Gasteiger charge is -2.12. The van der Waals surface area contributed by atoms with Crippen molar-refractivity contribution >= 4 is 0 Å². The van der Waals surface area contributed by atoms with Crippen molar-refractivity contribution in [2.24, 2.45) is 0 Å². The van der Waals surface area contributed by atoms with Crippen molar-refractivity contribution in [3.05, 3.63) is 59.7 Å². The summed E-state index contributed by atoms with van der Waals surface area (Å²) < 4.78 is 11.8. The van der Waals surface area contributed by atoms with Gasteiger partial charge in [-0.05, 0) is 12.1 Å². The van der Waals surface area contributed by atoms with Crippen LogP contribution in [0.25, 0.3) is 0 Å². The van der Waals surface area contributed by atoms with Gasteiger partial charge in [-0.25, -0.2) is 0 Å². The first-order valence-corrected chi connectivity index (χ1v) is 8.26. The molecule has 0 radical (unpaired) electrons. The number of nitrogens with one attached hydrogen (secondary N) is 2. The first kappa shape index (κ1) is 15.8. The van der Waals surface area contributed by atoms with E-state index in [9.17, 15) is 0 Å². The van der Waals surface area contributed by atoms with Gasteiger partial charge in [0, 0.05) is 43.7 Å². The van der Waals surface area contributed by atoms with E-state index in [-0.39, 0.29) is 0 Å². The standard InChI is InChI=1S/C19H24N2O2/c1-3-8-18-16(6-1)14-20-10-11-21-15-17-7-2-4-9-19(17)23-13-5-12-22-18/h1-4,6-9,20-21H,5,10-15H2. The Morgan fingerprint density at radius 3 is 1.65 bits per heavy atom. The Kier molecular flexibility index (Phi) is 5.89. The molecule has 0 spiro atoms. The first-order valence-electron chi connectivity index (χ1n) is 8.26. The number of hydrogen-bond donors (Lipinski definition) is 2. The third kappa shape index (κ3) is 4.71. The summed E-state index contributed by atoms with van der Waals surface area (Å²) in [5.41, 5.74) is 2.40. The van der Waals surface area contributed by atoms with E-state index in [4.69, 9.17) is 9.47 Å². The second-order valence-corrected chi connectivity index (χ2v) is 5.62. The smallest absolute Gasteiger partial charge is 0.123 e. The van der Waals surface area contributed by atoms with E-state index in [0.29, 0.717) is 13.2 Å². The molecule has 0 fully saturated rings. The Morgan fingerprint density at radius 2 is 1.13 bits per heavy atom. The highest BCUT2D eigenvalue weighted by atomic mass is 16.5. The van der Waals surface area contributed by atoms with Crippen LogP contribution in [-0.2, 0) is 13.1 Å². The van der Waals surface area contributed by atoms with E-state index in [1.807, 2.05) is 24.3 Å². The van der Waals surface area contributed by atoms with Crippen molar-refractivity contribution in [3.8, 4) is 11.5 Å². The van der Waals surface area contributed by atoms with Gasteiger partial charge in [0.25, 0.3) is 0 Å². The zero-order valence-corrected chi connectivity index (χ0v) is 13.4. The van der Waals surface area contributed by atoms with Crippen molar-refractivity contribution in [2.75, 3.05) is 26.3 Å². The molecule has 1 heterocycles. The van der Waals surface area contributed by atoms with Crippen LogP contribution in [0.3, 0.4) is 0 Å². The van der Waals surface area contributed by atoms with Gasteiger partial charge in [-0.15, -0.1) is 0 Å². The predicted octanol–water partition coefficient (Wildman–Crippen LogP) is 2.73. The molecule has 122 valence electrons. The Morgan fingerprint density at radius 1 is 0.652 bits per heavy atom. The van der Waals surface area contributed by atoms with Crippen LogP contribution in [0.15, 0.2) is 48.5 Å². The highest BCUT2D eigenvalue weighted by molar-refractivity contribution is 5.34. The molecule has 2 aromatic rings. The van der Waals surface area contributed by atoms with Crippen molar-refractivity contribution in [1.29, 1.82) is 0 Å². The summed E-state index contributed by atoms with van der Waals surface area (Å²) in [6.07, 6.45) is 0.865. The molecule has 0 bridgehead atoms. The van der Waals surface area contributed by atoms with Crippen LogP contribution in [0.2, 0.25) is 0 Å². The molecule has 0 atom stereocenters. The van der Waals surface area contributed by atoms with Crippen molar-refractivity contribution in [1.82, 2.24) is 10.6 Å². The third-order valence-electron chi connectivity index (χ3n) is 3.86. The quantitative estimate of drug-likeness (QED) is 0.785. The van der Waals surface area contributed by atoms with Crippen LogP contribution >= 0.6 is 0 Å². The lowest BCUT2D eigenvalue weighted by atomic mass is 10.2. The summed E-state index contributed by atoms with van der Waals surface area (Å²) in [5.74, 6) is 1.92. The van der Waals surface area contributed by atoms with Crippen LogP contribution in [0.1, 0.15) is 17.5 Å². The zero-order valence-electron chi connectivity index (χ0n) is 13.4. The van der Waals surface area contributed by atoms with Gasteiger partial charge in [0.1, 0.15) is 11.5 Å². The van der Waals surface area contributed by atoms with Crippen LogP contribution in [0.5, 0.6) is 11.5 Å². The number of benzene rings is 2. The number of fused-ring (bicyclic) bond motifs is 2. The second kappa shape index (κ2) is 8.56. The van der Waals surface area contributed by atoms with Gasteiger partial charge in [-0.1, -0.05) is 36.4 Å². The maximum atomic E-state index is 5.92. The summed E-state index contributed by atoms with van der Waals surface area (Å²) in [6.45, 7) is 4.81.